The second-order valence-electron chi connectivity index (χ2n) is 7.54. The summed E-state index contributed by atoms with van der Waals surface area (Å²) < 4.78 is 7.43. The van der Waals surface area contributed by atoms with Crippen LogP contribution in [0, 0.1) is 6.92 Å². The second kappa shape index (κ2) is 9.87. The van der Waals surface area contributed by atoms with Crippen molar-refractivity contribution in [3.8, 4) is 17.1 Å². The summed E-state index contributed by atoms with van der Waals surface area (Å²) in [5.74, 6) is 1.65. The number of rotatable bonds is 8. The van der Waals surface area contributed by atoms with E-state index in [0.717, 1.165) is 29.0 Å². The van der Waals surface area contributed by atoms with Crippen LogP contribution in [0.2, 0.25) is 0 Å². The van der Waals surface area contributed by atoms with E-state index in [1.807, 2.05) is 54.8 Å². The Morgan fingerprint density at radius 1 is 1.09 bits per heavy atom. The highest BCUT2D eigenvalue weighted by Crippen LogP contribution is 2.30. The van der Waals surface area contributed by atoms with Crippen LogP contribution in [0.1, 0.15) is 36.8 Å². The molecule has 0 bridgehead atoms. The van der Waals surface area contributed by atoms with Gasteiger partial charge in [-0.05, 0) is 49.6 Å². The van der Waals surface area contributed by atoms with Gasteiger partial charge in [0.2, 0.25) is 5.91 Å². The van der Waals surface area contributed by atoms with E-state index in [9.17, 15) is 4.79 Å². The Bertz CT molecular complexity index is 1180. The molecule has 4 aromatic rings. The minimum Gasteiger partial charge on any atom is -0.469 e. The van der Waals surface area contributed by atoms with Gasteiger partial charge in [-0.3, -0.25) is 9.36 Å². The highest BCUT2D eigenvalue weighted by molar-refractivity contribution is 7.99. The van der Waals surface area contributed by atoms with Gasteiger partial charge in [0, 0.05) is 5.69 Å². The van der Waals surface area contributed by atoms with E-state index in [0.29, 0.717) is 11.0 Å². The number of hydrogen-bond acceptors (Lipinski definition) is 5. The van der Waals surface area contributed by atoms with Gasteiger partial charge in [0.25, 0.3) is 0 Å². The van der Waals surface area contributed by atoms with E-state index in [4.69, 9.17) is 4.42 Å². The summed E-state index contributed by atoms with van der Waals surface area (Å²) >= 11 is 1.36. The monoisotopic (exact) mass is 446 g/mol. The summed E-state index contributed by atoms with van der Waals surface area (Å²) in [4.78, 5) is 12.7. The van der Waals surface area contributed by atoms with Crippen LogP contribution in [0.4, 0.5) is 0 Å². The molecule has 0 radical (unpaired) electrons. The topological polar surface area (TPSA) is 73.0 Å². The Morgan fingerprint density at radius 3 is 2.50 bits per heavy atom. The van der Waals surface area contributed by atoms with Gasteiger partial charge >= 0.3 is 0 Å². The number of benzene rings is 2. The molecule has 0 spiro atoms. The molecule has 0 fully saturated rings. The van der Waals surface area contributed by atoms with Crippen molar-refractivity contribution in [2.75, 3.05) is 5.75 Å². The number of aromatic nitrogens is 3. The Kier molecular flexibility index (Phi) is 6.75. The van der Waals surface area contributed by atoms with E-state index >= 15 is 0 Å². The molecular formula is C25H26N4O2S. The predicted molar refractivity (Wildman–Crippen MR) is 127 cm³/mol. The third-order valence-electron chi connectivity index (χ3n) is 5.35. The summed E-state index contributed by atoms with van der Waals surface area (Å²) in [7, 11) is 0. The van der Waals surface area contributed by atoms with Crippen LogP contribution >= 0.6 is 11.8 Å². The molecule has 0 saturated carbocycles. The smallest absolute Gasteiger partial charge is 0.230 e. The normalized spacial score (nSPS) is 12.0. The lowest BCUT2D eigenvalue weighted by molar-refractivity contribution is -0.119. The molecule has 1 unspecified atom stereocenters. The maximum atomic E-state index is 12.7. The fourth-order valence-electron chi connectivity index (χ4n) is 3.50. The summed E-state index contributed by atoms with van der Waals surface area (Å²) in [6, 6.07) is 20.1. The van der Waals surface area contributed by atoms with Crippen LogP contribution in [0.15, 0.2) is 76.5 Å². The molecule has 0 aliphatic heterocycles. The molecule has 2 aromatic heterocycles. The Balaban J connectivity index is 1.50. The van der Waals surface area contributed by atoms with Gasteiger partial charge in [-0.1, -0.05) is 61.2 Å². The number of hydrogen-bond donors (Lipinski definition) is 1. The van der Waals surface area contributed by atoms with Crippen LogP contribution in [0.5, 0.6) is 0 Å². The standard InChI is InChI=1S/C25H26N4O2S/c1-4-19-10-12-20(13-11-19)17(2)26-23(30)16-32-25-28-27-24(22-14-15-31-18(22)3)29(25)21-8-6-5-7-9-21/h5-15,17H,4,16H2,1-3H3,(H,26,30). The van der Waals surface area contributed by atoms with E-state index in [1.165, 1.54) is 17.3 Å². The SMILES string of the molecule is CCc1ccc(C(C)NC(=O)CSc2nnc(-c3ccoc3C)n2-c2ccccc2)cc1. The molecule has 4 rings (SSSR count). The number of carbonyl (C=O) groups is 1. The molecule has 1 N–H and O–H groups in total. The number of amides is 1. The molecule has 0 aliphatic rings. The lowest BCUT2D eigenvalue weighted by Crippen LogP contribution is -2.28. The van der Waals surface area contributed by atoms with E-state index in [-0.39, 0.29) is 17.7 Å². The van der Waals surface area contributed by atoms with Crippen LogP contribution in [-0.4, -0.2) is 26.4 Å². The van der Waals surface area contributed by atoms with Crippen molar-refractivity contribution in [1.82, 2.24) is 20.1 Å². The highest BCUT2D eigenvalue weighted by Gasteiger charge is 2.20. The van der Waals surface area contributed by atoms with Crippen molar-refractivity contribution >= 4 is 17.7 Å². The summed E-state index contributed by atoms with van der Waals surface area (Å²) in [5, 5.41) is 12.5. The summed E-state index contributed by atoms with van der Waals surface area (Å²) in [5.41, 5.74) is 4.18. The number of aryl methyl sites for hydroxylation is 2. The molecule has 7 heteroatoms. The van der Waals surface area contributed by atoms with Crippen molar-refractivity contribution in [3.63, 3.8) is 0 Å². The van der Waals surface area contributed by atoms with E-state index in [2.05, 4.69) is 46.7 Å². The number of para-hydroxylation sites is 1. The van der Waals surface area contributed by atoms with Gasteiger partial charge in [0.15, 0.2) is 11.0 Å². The first-order chi connectivity index (χ1) is 15.6. The number of carbonyl (C=O) groups excluding carboxylic acids is 1. The maximum Gasteiger partial charge on any atom is 0.230 e. The van der Waals surface area contributed by atoms with Gasteiger partial charge in [0.05, 0.1) is 23.6 Å². The van der Waals surface area contributed by atoms with E-state index in [1.54, 1.807) is 6.26 Å². The van der Waals surface area contributed by atoms with Crippen molar-refractivity contribution < 1.29 is 9.21 Å². The average molecular weight is 447 g/mol. The quantitative estimate of drug-likeness (QED) is 0.369. The first-order valence-electron chi connectivity index (χ1n) is 10.6. The molecule has 164 valence electrons. The van der Waals surface area contributed by atoms with Gasteiger partial charge in [-0.25, -0.2) is 0 Å². The third-order valence-corrected chi connectivity index (χ3v) is 6.27. The van der Waals surface area contributed by atoms with Gasteiger partial charge < -0.3 is 9.73 Å². The maximum absolute atomic E-state index is 12.7. The summed E-state index contributed by atoms with van der Waals surface area (Å²) in [6.07, 6.45) is 2.64. The number of nitrogens with zero attached hydrogens (tertiary/aromatic N) is 3. The first-order valence-corrected chi connectivity index (χ1v) is 11.6. The third kappa shape index (κ3) is 4.78. The molecule has 32 heavy (non-hydrogen) atoms. The molecule has 0 saturated heterocycles. The zero-order valence-electron chi connectivity index (χ0n) is 18.4. The molecule has 1 amide bonds. The molecule has 2 heterocycles. The Morgan fingerprint density at radius 2 is 1.84 bits per heavy atom. The largest absolute Gasteiger partial charge is 0.469 e. The van der Waals surface area contributed by atoms with Crippen LogP contribution in [0.3, 0.4) is 0 Å². The zero-order chi connectivity index (χ0) is 22.5. The van der Waals surface area contributed by atoms with Crippen LogP contribution in [-0.2, 0) is 11.2 Å². The molecular weight excluding hydrogens is 420 g/mol. The van der Waals surface area contributed by atoms with Gasteiger partial charge in [-0.15, -0.1) is 10.2 Å². The second-order valence-corrected chi connectivity index (χ2v) is 8.48. The zero-order valence-corrected chi connectivity index (χ0v) is 19.2. The minimum absolute atomic E-state index is 0.0503. The van der Waals surface area contributed by atoms with Crippen LogP contribution < -0.4 is 5.32 Å². The summed E-state index contributed by atoms with van der Waals surface area (Å²) in [6.45, 7) is 6.02. The fourth-order valence-corrected chi connectivity index (χ4v) is 4.27. The molecule has 6 nitrogen and oxygen atoms in total. The van der Waals surface area contributed by atoms with E-state index < -0.39 is 0 Å². The van der Waals surface area contributed by atoms with Gasteiger partial charge in [-0.2, -0.15) is 0 Å². The van der Waals surface area contributed by atoms with Crippen molar-refractivity contribution in [2.24, 2.45) is 0 Å². The number of furan rings is 1. The number of thioether (sulfide) groups is 1. The highest BCUT2D eigenvalue weighted by atomic mass is 32.2. The first kappa shape index (κ1) is 21.9. The fraction of sp³-hybridized carbons (Fsp3) is 0.240. The van der Waals surface area contributed by atoms with Crippen molar-refractivity contribution in [3.05, 3.63) is 83.8 Å². The predicted octanol–water partition coefficient (Wildman–Crippen LogP) is 5.37. The van der Waals surface area contributed by atoms with Crippen molar-refractivity contribution in [2.45, 2.75) is 38.4 Å². The van der Waals surface area contributed by atoms with Crippen molar-refractivity contribution in [1.29, 1.82) is 0 Å². The lowest BCUT2D eigenvalue weighted by atomic mass is 10.1. The molecule has 0 aliphatic carbocycles. The lowest BCUT2D eigenvalue weighted by Gasteiger charge is -2.15. The minimum atomic E-state index is -0.0647. The Hall–Kier alpha value is -3.32. The number of nitrogens with one attached hydrogen (secondary N) is 1. The molecule has 1 atom stereocenters. The van der Waals surface area contributed by atoms with Crippen LogP contribution in [0.25, 0.3) is 17.1 Å². The van der Waals surface area contributed by atoms with Gasteiger partial charge in [0.1, 0.15) is 5.76 Å². The average Bonchev–Trinajstić information content (AvgIpc) is 3.43. The molecule has 2 aromatic carbocycles. The Labute approximate surface area is 192 Å².